The SMILES string of the molecule is CCCn1c(=NC(=O)CCS(=O)(=O)c2ccc(Cl)cc2)sc2cccc(OC)c21. The maximum absolute atomic E-state index is 12.4. The number of halogens is 1. The summed E-state index contributed by atoms with van der Waals surface area (Å²) < 4.78 is 33.2. The Morgan fingerprint density at radius 3 is 2.59 bits per heavy atom. The van der Waals surface area contributed by atoms with E-state index in [1.807, 2.05) is 29.7 Å². The molecule has 0 atom stereocenters. The van der Waals surface area contributed by atoms with Crippen LogP contribution in [0, 0.1) is 0 Å². The van der Waals surface area contributed by atoms with Gasteiger partial charge in [-0.3, -0.25) is 4.79 Å². The lowest BCUT2D eigenvalue weighted by Crippen LogP contribution is -2.18. The van der Waals surface area contributed by atoms with Crippen molar-refractivity contribution >= 4 is 48.9 Å². The number of sulfone groups is 1. The molecule has 0 fully saturated rings. The number of para-hydroxylation sites is 1. The van der Waals surface area contributed by atoms with E-state index in [0.717, 1.165) is 16.6 Å². The highest BCUT2D eigenvalue weighted by molar-refractivity contribution is 7.91. The van der Waals surface area contributed by atoms with Gasteiger partial charge in [0.2, 0.25) is 5.91 Å². The average molecular weight is 453 g/mol. The van der Waals surface area contributed by atoms with E-state index in [-0.39, 0.29) is 17.1 Å². The van der Waals surface area contributed by atoms with Gasteiger partial charge in [-0.15, -0.1) is 0 Å². The number of hydrogen-bond acceptors (Lipinski definition) is 5. The summed E-state index contributed by atoms with van der Waals surface area (Å²) in [5, 5.41) is 0.454. The molecule has 1 heterocycles. The van der Waals surface area contributed by atoms with Crippen LogP contribution in [0.5, 0.6) is 5.75 Å². The van der Waals surface area contributed by atoms with Crippen LogP contribution in [0.15, 0.2) is 52.4 Å². The Balaban J connectivity index is 1.88. The fourth-order valence-electron chi connectivity index (χ4n) is 2.92. The maximum Gasteiger partial charge on any atom is 0.249 e. The summed E-state index contributed by atoms with van der Waals surface area (Å²) in [6, 6.07) is 11.6. The summed E-state index contributed by atoms with van der Waals surface area (Å²) >= 11 is 7.19. The summed E-state index contributed by atoms with van der Waals surface area (Å²) in [6.45, 7) is 2.71. The Labute approximate surface area is 178 Å². The molecule has 9 heteroatoms. The number of ether oxygens (including phenoxy) is 1. The van der Waals surface area contributed by atoms with Crippen LogP contribution in [0.25, 0.3) is 10.2 Å². The van der Waals surface area contributed by atoms with Gasteiger partial charge in [0.15, 0.2) is 14.6 Å². The van der Waals surface area contributed by atoms with Crippen LogP contribution in [-0.2, 0) is 21.2 Å². The van der Waals surface area contributed by atoms with Crippen LogP contribution in [0.2, 0.25) is 5.02 Å². The Hall–Kier alpha value is -2.16. The van der Waals surface area contributed by atoms with E-state index in [9.17, 15) is 13.2 Å². The molecule has 0 bridgehead atoms. The third kappa shape index (κ3) is 4.88. The Morgan fingerprint density at radius 1 is 1.21 bits per heavy atom. The van der Waals surface area contributed by atoms with Crippen molar-refractivity contribution in [2.75, 3.05) is 12.9 Å². The van der Waals surface area contributed by atoms with Gasteiger partial charge in [0.05, 0.1) is 22.5 Å². The lowest BCUT2D eigenvalue weighted by atomic mass is 10.3. The first-order valence-electron chi connectivity index (χ1n) is 9.08. The molecule has 1 amide bonds. The van der Waals surface area contributed by atoms with Crippen molar-refractivity contribution in [1.29, 1.82) is 0 Å². The molecule has 0 N–H and O–H groups in total. The molecule has 0 aliphatic rings. The molecule has 2 aromatic carbocycles. The lowest BCUT2D eigenvalue weighted by Gasteiger charge is -2.07. The molecule has 3 aromatic rings. The average Bonchev–Trinajstić information content (AvgIpc) is 3.04. The van der Waals surface area contributed by atoms with Gasteiger partial charge >= 0.3 is 0 Å². The number of carbonyl (C=O) groups excluding carboxylic acids is 1. The number of rotatable bonds is 7. The number of amides is 1. The Bertz CT molecular complexity index is 1200. The summed E-state index contributed by atoms with van der Waals surface area (Å²) in [5.74, 6) is -0.0665. The number of nitrogens with zero attached hydrogens (tertiary/aromatic N) is 2. The highest BCUT2D eigenvalue weighted by atomic mass is 35.5. The second-order valence-corrected chi connectivity index (χ2v) is 9.93. The minimum atomic E-state index is -3.58. The van der Waals surface area contributed by atoms with Gasteiger partial charge in [-0.25, -0.2) is 8.42 Å². The largest absolute Gasteiger partial charge is 0.495 e. The molecule has 0 unspecified atom stereocenters. The van der Waals surface area contributed by atoms with Crippen molar-refractivity contribution in [3.63, 3.8) is 0 Å². The number of hydrogen-bond donors (Lipinski definition) is 0. The highest BCUT2D eigenvalue weighted by Crippen LogP contribution is 2.27. The zero-order chi connectivity index (χ0) is 21.0. The number of aromatic nitrogens is 1. The molecular formula is C20H21ClN2O4S2. The highest BCUT2D eigenvalue weighted by Gasteiger charge is 2.17. The third-order valence-electron chi connectivity index (χ3n) is 4.31. The Morgan fingerprint density at radius 2 is 1.93 bits per heavy atom. The van der Waals surface area contributed by atoms with Crippen molar-refractivity contribution < 1.29 is 17.9 Å². The minimum absolute atomic E-state index is 0.141. The molecule has 0 radical (unpaired) electrons. The fraction of sp³-hybridized carbons (Fsp3) is 0.300. The maximum atomic E-state index is 12.4. The van der Waals surface area contributed by atoms with Crippen LogP contribution in [0.4, 0.5) is 0 Å². The molecule has 0 aliphatic heterocycles. The van der Waals surface area contributed by atoms with E-state index < -0.39 is 15.7 Å². The van der Waals surface area contributed by atoms with Gasteiger partial charge in [-0.1, -0.05) is 35.9 Å². The van der Waals surface area contributed by atoms with Gasteiger partial charge in [-0.2, -0.15) is 4.99 Å². The topological polar surface area (TPSA) is 77.7 Å². The van der Waals surface area contributed by atoms with Gasteiger partial charge in [0, 0.05) is 18.0 Å². The summed E-state index contributed by atoms with van der Waals surface area (Å²) in [5.41, 5.74) is 0.891. The number of thiazole rings is 1. The number of fused-ring (bicyclic) bond motifs is 1. The normalized spacial score (nSPS) is 12.4. The first kappa shape index (κ1) is 21.5. The quantitative estimate of drug-likeness (QED) is 0.541. The van der Waals surface area contributed by atoms with Crippen LogP contribution >= 0.6 is 22.9 Å². The number of carbonyl (C=O) groups is 1. The molecular weight excluding hydrogens is 432 g/mol. The molecule has 3 rings (SSSR count). The van der Waals surface area contributed by atoms with Crippen LogP contribution in [-0.4, -0.2) is 31.8 Å². The van der Waals surface area contributed by atoms with Crippen molar-refractivity contribution in [2.45, 2.75) is 31.2 Å². The van der Waals surface area contributed by atoms with Gasteiger partial charge in [0.25, 0.3) is 0 Å². The smallest absolute Gasteiger partial charge is 0.249 e. The minimum Gasteiger partial charge on any atom is -0.495 e. The standard InChI is InChI=1S/C20H21ClN2O4S2/c1-3-12-23-19-16(27-2)5-4-6-17(19)28-20(23)22-18(24)11-13-29(25,26)15-9-7-14(21)8-10-15/h4-10H,3,11-13H2,1-2H3. The molecule has 154 valence electrons. The molecule has 0 spiro atoms. The van der Waals surface area contributed by atoms with E-state index in [1.54, 1.807) is 7.11 Å². The summed E-state index contributed by atoms with van der Waals surface area (Å²) in [6.07, 6.45) is 0.665. The summed E-state index contributed by atoms with van der Waals surface area (Å²) in [7, 11) is -1.98. The van der Waals surface area contributed by atoms with E-state index >= 15 is 0 Å². The number of methoxy groups -OCH3 is 1. The van der Waals surface area contributed by atoms with Gasteiger partial charge in [-0.05, 0) is 42.8 Å². The van der Waals surface area contributed by atoms with E-state index in [4.69, 9.17) is 16.3 Å². The molecule has 0 saturated heterocycles. The monoisotopic (exact) mass is 452 g/mol. The molecule has 29 heavy (non-hydrogen) atoms. The van der Waals surface area contributed by atoms with Crippen molar-refractivity contribution in [3.8, 4) is 5.75 Å². The fourth-order valence-corrected chi connectivity index (χ4v) is 5.37. The van der Waals surface area contributed by atoms with Gasteiger partial charge in [0.1, 0.15) is 11.3 Å². The lowest BCUT2D eigenvalue weighted by molar-refractivity contribution is -0.117. The number of aryl methyl sites for hydroxylation is 1. The van der Waals surface area contributed by atoms with Crippen LogP contribution < -0.4 is 9.54 Å². The zero-order valence-corrected chi connectivity index (χ0v) is 18.5. The van der Waals surface area contributed by atoms with E-state index in [1.165, 1.54) is 35.6 Å². The molecule has 6 nitrogen and oxygen atoms in total. The van der Waals surface area contributed by atoms with Crippen LogP contribution in [0.3, 0.4) is 0 Å². The van der Waals surface area contributed by atoms with E-state index in [2.05, 4.69) is 4.99 Å². The summed E-state index contributed by atoms with van der Waals surface area (Å²) in [4.78, 5) is 17.3. The first-order chi connectivity index (χ1) is 13.9. The number of benzene rings is 2. The second-order valence-electron chi connectivity index (χ2n) is 6.37. The predicted octanol–water partition coefficient (Wildman–Crippen LogP) is 4.07. The third-order valence-corrected chi connectivity index (χ3v) is 7.34. The van der Waals surface area contributed by atoms with Crippen molar-refractivity contribution in [3.05, 3.63) is 52.3 Å². The first-order valence-corrected chi connectivity index (χ1v) is 11.9. The zero-order valence-electron chi connectivity index (χ0n) is 16.1. The molecule has 1 aromatic heterocycles. The van der Waals surface area contributed by atoms with Gasteiger partial charge < -0.3 is 9.30 Å². The predicted molar refractivity (Wildman–Crippen MR) is 115 cm³/mol. The molecule has 0 saturated carbocycles. The van der Waals surface area contributed by atoms with Crippen molar-refractivity contribution in [1.82, 2.24) is 4.57 Å². The molecule has 0 aliphatic carbocycles. The second kappa shape index (κ2) is 9.11. The Kier molecular flexibility index (Phi) is 6.77. The van der Waals surface area contributed by atoms with E-state index in [0.29, 0.717) is 22.1 Å². The van der Waals surface area contributed by atoms with Crippen molar-refractivity contribution in [2.24, 2.45) is 4.99 Å². The van der Waals surface area contributed by atoms with Crippen LogP contribution in [0.1, 0.15) is 19.8 Å².